The zero-order valence-corrected chi connectivity index (χ0v) is 9.80. The van der Waals surface area contributed by atoms with Gasteiger partial charge in [-0.15, -0.1) is 0 Å². The minimum absolute atomic E-state index is 0.0104. The predicted octanol–water partition coefficient (Wildman–Crippen LogP) is 3.15. The second-order valence-corrected chi connectivity index (χ2v) is 5.12. The average molecular weight is 198 g/mol. The van der Waals surface area contributed by atoms with Crippen molar-refractivity contribution in [2.45, 2.75) is 59.5 Å². The van der Waals surface area contributed by atoms with E-state index in [0.29, 0.717) is 5.92 Å². The number of hydrogen-bond donors (Lipinski definition) is 0. The first-order valence-corrected chi connectivity index (χ1v) is 5.67. The SMILES string of the molecule is CC(C)C(C)OC(=O)C1(C)CCCC1. The van der Waals surface area contributed by atoms with Crippen molar-refractivity contribution in [1.82, 2.24) is 0 Å². The maximum atomic E-state index is 11.9. The first kappa shape index (κ1) is 11.5. The van der Waals surface area contributed by atoms with Gasteiger partial charge >= 0.3 is 5.97 Å². The molecule has 1 saturated carbocycles. The lowest BCUT2D eigenvalue weighted by molar-refractivity contribution is -0.161. The molecule has 2 heteroatoms. The van der Waals surface area contributed by atoms with Crippen LogP contribution in [-0.4, -0.2) is 12.1 Å². The van der Waals surface area contributed by atoms with Crippen LogP contribution in [0.15, 0.2) is 0 Å². The van der Waals surface area contributed by atoms with Crippen LogP contribution in [0.1, 0.15) is 53.4 Å². The van der Waals surface area contributed by atoms with Crippen molar-refractivity contribution < 1.29 is 9.53 Å². The van der Waals surface area contributed by atoms with Gasteiger partial charge in [0.2, 0.25) is 0 Å². The second kappa shape index (κ2) is 4.33. The Morgan fingerprint density at radius 3 is 2.14 bits per heavy atom. The van der Waals surface area contributed by atoms with E-state index < -0.39 is 0 Å². The van der Waals surface area contributed by atoms with Gasteiger partial charge in [-0.2, -0.15) is 0 Å². The molecule has 14 heavy (non-hydrogen) atoms. The summed E-state index contributed by atoms with van der Waals surface area (Å²) in [5.41, 5.74) is -0.191. The summed E-state index contributed by atoms with van der Waals surface area (Å²) in [5, 5.41) is 0. The van der Waals surface area contributed by atoms with E-state index in [4.69, 9.17) is 4.74 Å². The molecule has 1 aliphatic carbocycles. The van der Waals surface area contributed by atoms with Gasteiger partial charge in [0.25, 0.3) is 0 Å². The Bertz CT molecular complexity index is 202. The summed E-state index contributed by atoms with van der Waals surface area (Å²) < 4.78 is 5.46. The summed E-state index contributed by atoms with van der Waals surface area (Å²) in [6.45, 7) is 8.17. The van der Waals surface area contributed by atoms with Crippen LogP contribution >= 0.6 is 0 Å². The fraction of sp³-hybridized carbons (Fsp3) is 0.917. The van der Waals surface area contributed by atoms with Crippen LogP contribution in [0.3, 0.4) is 0 Å². The van der Waals surface area contributed by atoms with E-state index in [1.807, 2.05) is 13.8 Å². The molecule has 0 N–H and O–H groups in total. The molecule has 82 valence electrons. The molecule has 1 rings (SSSR count). The Balaban J connectivity index is 2.49. The van der Waals surface area contributed by atoms with Crippen LogP contribution < -0.4 is 0 Å². The number of carbonyl (C=O) groups excluding carboxylic acids is 1. The van der Waals surface area contributed by atoms with Crippen LogP contribution in [0.4, 0.5) is 0 Å². The average Bonchev–Trinajstić information content (AvgIpc) is 2.53. The molecule has 2 nitrogen and oxygen atoms in total. The Hall–Kier alpha value is -0.530. The second-order valence-electron chi connectivity index (χ2n) is 5.12. The van der Waals surface area contributed by atoms with Crippen molar-refractivity contribution in [2.24, 2.45) is 11.3 Å². The molecule has 0 aromatic carbocycles. The number of ether oxygens (including phenoxy) is 1. The van der Waals surface area contributed by atoms with Crippen LogP contribution in [0.2, 0.25) is 0 Å². The summed E-state index contributed by atoms with van der Waals surface area (Å²) in [7, 11) is 0. The van der Waals surface area contributed by atoms with E-state index in [1.165, 1.54) is 12.8 Å². The lowest BCUT2D eigenvalue weighted by Gasteiger charge is -2.25. The molecule has 0 amide bonds. The highest BCUT2D eigenvalue weighted by atomic mass is 16.5. The van der Waals surface area contributed by atoms with Crippen LogP contribution in [-0.2, 0) is 9.53 Å². The lowest BCUT2D eigenvalue weighted by Crippen LogP contribution is -2.31. The minimum Gasteiger partial charge on any atom is -0.462 e. The highest BCUT2D eigenvalue weighted by molar-refractivity contribution is 5.76. The fourth-order valence-corrected chi connectivity index (χ4v) is 1.81. The largest absolute Gasteiger partial charge is 0.462 e. The molecule has 1 fully saturated rings. The zero-order valence-electron chi connectivity index (χ0n) is 9.80. The smallest absolute Gasteiger partial charge is 0.312 e. The van der Waals surface area contributed by atoms with E-state index >= 15 is 0 Å². The van der Waals surface area contributed by atoms with Crippen molar-refractivity contribution in [1.29, 1.82) is 0 Å². The molecule has 0 saturated heterocycles. The van der Waals surface area contributed by atoms with Crippen molar-refractivity contribution in [3.05, 3.63) is 0 Å². The summed E-state index contributed by atoms with van der Waals surface area (Å²) in [6, 6.07) is 0. The molecule has 1 atom stereocenters. The van der Waals surface area contributed by atoms with Gasteiger partial charge in [-0.05, 0) is 32.6 Å². The third-order valence-corrected chi connectivity index (χ3v) is 3.43. The molecular weight excluding hydrogens is 176 g/mol. The maximum absolute atomic E-state index is 11.9. The molecular formula is C12H22O2. The number of carbonyl (C=O) groups is 1. The van der Waals surface area contributed by atoms with Gasteiger partial charge in [-0.1, -0.05) is 26.7 Å². The summed E-state index contributed by atoms with van der Waals surface area (Å²) in [4.78, 5) is 11.9. The Kier molecular flexibility index (Phi) is 3.57. The zero-order chi connectivity index (χ0) is 10.8. The van der Waals surface area contributed by atoms with Gasteiger partial charge in [0, 0.05) is 0 Å². The van der Waals surface area contributed by atoms with E-state index in [0.717, 1.165) is 12.8 Å². The van der Waals surface area contributed by atoms with Crippen molar-refractivity contribution in [3.8, 4) is 0 Å². The third kappa shape index (κ3) is 2.49. The van der Waals surface area contributed by atoms with Gasteiger partial charge in [0.05, 0.1) is 5.41 Å². The molecule has 0 aromatic rings. The van der Waals surface area contributed by atoms with Crippen molar-refractivity contribution in [3.63, 3.8) is 0 Å². The van der Waals surface area contributed by atoms with Crippen LogP contribution in [0.25, 0.3) is 0 Å². The van der Waals surface area contributed by atoms with Gasteiger partial charge in [0.1, 0.15) is 6.10 Å². The standard InChI is InChI=1S/C12H22O2/c1-9(2)10(3)14-11(13)12(4)7-5-6-8-12/h9-10H,5-8H2,1-4H3. The predicted molar refractivity (Wildman–Crippen MR) is 57.0 cm³/mol. The first-order valence-electron chi connectivity index (χ1n) is 5.67. The van der Waals surface area contributed by atoms with Crippen LogP contribution in [0, 0.1) is 11.3 Å². The molecule has 0 aliphatic heterocycles. The topological polar surface area (TPSA) is 26.3 Å². The molecule has 1 aliphatic rings. The fourth-order valence-electron chi connectivity index (χ4n) is 1.81. The van der Waals surface area contributed by atoms with Gasteiger partial charge in [-0.25, -0.2) is 0 Å². The Labute approximate surface area is 87.0 Å². The first-order chi connectivity index (χ1) is 6.46. The van der Waals surface area contributed by atoms with Crippen molar-refractivity contribution in [2.75, 3.05) is 0 Å². The minimum atomic E-state index is -0.191. The van der Waals surface area contributed by atoms with Gasteiger partial charge in [-0.3, -0.25) is 4.79 Å². The van der Waals surface area contributed by atoms with Crippen LogP contribution in [0.5, 0.6) is 0 Å². The molecule has 0 bridgehead atoms. The lowest BCUT2D eigenvalue weighted by atomic mass is 9.89. The number of rotatable bonds is 3. The molecule has 0 aromatic heterocycles. The summed E-state index contributed by atoms with van der Waals surface area (Å²) >= 11 is 0. The molecule has 1 unspecified atom stereocenters. The monoisotopic (exact) mass is 198 g/mol. The van der Waals surface area contributed by atoms with Crippen molar-refractivity contribution >= 4 is 5.97 Å². The highest BCUT2D eigenvalue weighted by Crippen LogP contribution is 2.39. The number of esters is 1. The molecule has 0 heterocycles. The Morgan fingerprint density at radius 2 is 1.71 bits per heavy atom. The Morgan fingerprint density at radius 1 is 1.21 bits per heavy atom. The maximum Gasteiger partial charge on any atom is 0.312 e. The number of hydrogen-bond acceptors (Lipinski definition) is 2. The van der Waals surface area contributed by atoms with Gasteiger partial charge in [0.15, 0.2) is 0 Å². The highest BCUT2D eigenvalue weighted by Gasteiger charge is 2.38. The van der Waals surface area contributed by atoms with E-state index in [-0.39, 0.29) is 17.5 Å². The quantitative estimate of drug-likeness (QED) is 0.651. The van der Waals surface area contributed by atoms with Gasteiger partial charge < -0.3 is 4.74 Å². The molecule has 0 spiro atoms. The molecule has 0 radical (unpaired) electrons. The normalized spacial score (nSPS) is 22.4. The third-order valence-electron chi connectivity index (χ3n) is 3.43. The summed E-state index contributed by atoms with van der Waals surface area (Å²) in [5.74, 6) is 0.417. The summed E-state index contributed by atoms with van der Waals surface area (Å²) in [6.07, 6.45) is 4.37. The van der Waals surface area contributed by atoms with E-state index in [2.05, 4.69) is 13.8 Å². The van der Waals surface area contributed by atoms with E-state index in [1.54, 1.807) is 0 Å². The van der Waals surface area contributed by atoms with E-state index in [9.17, 15) is 4.79 Å².